The molecule has 0 heteroatoms. The van der Waals surface area contributed by atoms with Gasteiger partial charge in [-0.15, -0.1) is 0 Å². The normalized spacial score (nSPS) is 44.1. The fourth-order valence-corrected chi connectivity index (χ4v) is 6.86. The molecule has 24 heavy (non-hydrogen) atoms. The highest BCUT2D eigenvalue weighted by Gasteiger charge is 2.55. The molecule has 0 N–H and O–H groups in total. The van der Waals surface area contributed by atoms with Gasteiger partial charge in [-0.2, -0.15) is 0 Å². The van der Waals surface area contributed by atoms with Crippen molar-refractivity contribution in [2.45, 2.75) is 72.1 Å². The highest BCUT2D eigenvalue weighted by Crippen LogP contribution is 2.65. The standard InChI is InChI=1S/C24H34/c1-6-17(3)20-9-10-21-19-8-7-18-15-16(2)11-13-23(18,4)22(19)12-14-24(20,21)5/h12,15,19-21H,2-3,6-11,13-14H2,1,4-5H3/t19?,20-,21?,23+,24?/m1/s1. The van der Waals surface area contributed by atoms with E-state index in [1.807, 2.05) is 0 Å². The SMILES string of the molecule is C=C1C=C2CCC3C(=CCC4(C)C3CC[C@@H]4C(=C)CC)[C@@]2(C)CC1. The van der Waals surface area contributed by atoms with E-state index in [1.54, 1.807) is 11.1 Å². The maximum atomic E-state index is 4.44. The monoisotopic (exact) mass is 322 g/mol. The van der Waals surface area contributed by atoms with E-state index in [0.717, 1.165) is 24.2 Å². The summed E-state index contributed by atoms with van der Waals surface area (Å²) in [4.78, 5) is 0. The van der Waals surface area contributed by atoms with E-state index < -0.39 is 0 Å². The molecule has 0 aromatic carbocycles. The summed E-state index contributed by atoms with van der Waals surface area (Å²) in [5.41, 5.74) is 7.15. The summed E-state index contributed by atoms with van der Waals surface area (Å²) < 4.78 is 0. The van der Waals surface area contributed by atoms with Crippen molar-refractivity contribution in [2.24, 2.45) is 28.6 Å². The summed E-state index contributed by atoms with van der Waals surface area (Å²) in [6, 6.07) is 0. The Morgan fingerprint density at radius 3 is 2.75 bits per heavy atom. The molecule has 0 spiro atoms. The van der Waals surface area contributed by atoms with Crippen molar-refractivity contribution in [2.75, 3.05) is 0 Å². The molecular weight excluding hydrogens is 288 g/mol. The van der Waals surface area contributed by atoms with Gasteiger partial charge in [0.2, 0.25) is 0 Å². The molecule has 0 radical (unpaired) electrons. The van der Waals surface area contributed by atoms with E-state index >= 15 is 0 Å². The average Bonchev–Trinajstić information content (AvgIpc) is 2.92. The fraction of sp³-hybridized carbons (Fsp3) is 0.667. The second kappa shape index (κ2) is 5.48. The quantitative estimate of drug-likeness (QED) is 0.480. The van der Waals surface area contributed by atoms with Gasteiger partial charge < -0.3 is 0 Å². The molecule has 0 heterocycles. The molecule has 0 aromatic heterocycles. The van der Waals surface area contributed by atoms with Gasteiger partial charge in [0.25, 0.3) is 0 Å². The smallest absolute Gasteiger partial charge is 0.0101 e. The third-order valence-electron chi connectivity index (χ3n) is 8.40. The first-order valence-electron chi connectivity index (χ1n) is 10.2. The summed E-state index contributed by atoms with van der Waals surface area (Å²) in [7, 11) is 0. The highest BCUT2D eigenvalue weighted by molar-refractivity contribution is 5.43. The molecular formula is C24H34. The third kappa shape index (κ3) is 2.11. The lowest BCUT2D eigenvalue weighted by Crippen LogP contribution is -2.44. The highest BCUT2D eigenvalue weighted by atomic mass is 14.6. The minimum atomic E-state index is 0.339. The zero-order chi connectivity index (χ0) is 17.1. The number of fused-ring (bicyclic) bond motifs is 5. The number of hydrogen-bond donors (Lipinski definition) is 0. The van der Waals surface area contributed by atoms with Gasteiger partial charge in [0.1, 0.15) is 0 Å². The lowest BCUT2D eigenvalue weighted by molar-refractivity contribution is 0.0963. The molecule has 0 nitrogen and oxygen atoms in total. The first-order chi connectivity index (χ1) is 11.4. The lowest BCUT2D eigenvalue weighted by atomic mass is 9.51. The van der Waals surface area contributed by atoms with Gasteiger partial charge in [0.15, 0.2) is 0 Å². The summed E-state index contributed by atoms with van der Waals surface area (Å²) >= 11 is 0. The van der Waals surface area contributed by atoms with Crippen LogP contribution in [0.3, 0.4) is 0 Å². The first-order valence-corrected chi connectivity index (χ1v) is 10.2. The summed E-state index contributed by atoms with van der Waals surface area (Å²) in [6.45, 7) is 16.1. The van der Waals surface area contributed by atoms with Crippen molar-refractivity contribution in [1.29, 1.82) is 0 Å². The van der Waals surface area contributed by atoms with Crippen molar-refractivity contribution in [3.63, 3.8) is 0 Å². The van der Waals surface area contributed by atoms with Crippen LogP contribution in [0.25, 0.3) is 0 Å². The topological polar surface area (TPSA) is 0 Å². The Labute approximate surface area is 148 Å². The largest absolute Gasteiger partial charge is 0.0996 e. The Bertz CT molecular complexity index is 645. The summed E-state index contributed by atoms with van der Waals surface area (Å²) in [5.74, 6) is 2.46. The number of rotatable bonds is 2. The van der Waals surface area contributed by atoms with Gasteiger partial charge >= 0.3 is 0 Å². The van der Waals surface area contributed by atoms with Crippen LogP contribution in [0.2, 0.25) is 0 Å². The minimum absolute atomic E-state index is 0.339. The zero-order valence-corrected chi connectivity index (χ0v) is 16.0. The minimum Gasteiger partial charge on any atom is -0.0996 e. The molecule has 0 amide bonds. The summed E-state index contributed by atoms with van der Waals surface area (Å²) in [6.07, 6.45) is 15.5. The van der Waals surface area contributed by atoms with E-state index in [0.29, 0.717) is 10.8 Å². The van der Waals surface area contributed by atoms with Crippen LogP contribution < -0.4 is 0 Å². The molecule has 2 saturated carbocycles. The molecule has 0 aromatic rings. The van der Waals surface area contributed by atoms with Crippen LogP contribution >= 0.6 is 0 Å². The van der Waals surface area contributed by atoms with Crippen LogP contribution in [0.4, 0.5) is 0 Å². The molecule has 2 fully saturated rings. The average molecular weight is 323 g/mol. The molecule has 4 aliphatic rings. The molecule has 5 atom stereocenters. The van der Waals surface area contributed by atoms with E-state index in [2.05, 4.69) is 46.1 Å². The molecule has 4 aliphatic carbocycles. The molecule has 0 aliphatic heterocycles. The van der Waals surface area contributed by atoms with Gasteiger partial charge in [-0.05, 0) is 74.5 Å². The molecule has 130 valence electrons. The van der Waals surface area contributed by atoms with Crippen molar-refractivity contribution >= 4 is 0 Å². The maximum Gasteiger partial charge on any atom is 0.0101 e. The zero-order valence-electron chi connectivity index (χ0n) is 16.0. The lowest BCUT2D eigenvalue weighted by Gasteiger charge is -2.54. The van der Waals surface area contributed by atoms with Gasteiger partial charge in [-0.3, -0.25) is 0 Å². The second-order valence-electron chi connectivity index (χ2n) is 9.42. The Kier molecular flexibility index (Phi) is 3.75. The maximum absolute atomic E-state index is 4.44. The van der Waals surface area contributed by atoms with Crippen molar-refractivity contribution < 1.29 is 0 Å². The van der Waals surface area contributed by atoms with E-state index in [1.165, 1.54) is 56.1 Å². The fourth-order valence-electron chi connectivity index (χ4n) is 6.86. The van der Waals surface area contributed by atoms with Crippen LogP contribution in [-0.2, 0) is 0 Å². The summed E-state index contributed by atoms with van der Waals surface area (Å²) in [5, 5.41) is 0. The first kappa shape index (κ1) is 16.4. The molecule has 0 bridgehead atoms. The van der Waals surface area contributed by atoms with Gasteiger partial charge in [-0.25, -0.2) is 0 Å². The van der Waals surface area contributed by atoms with Crippen LogP contribution in [0.5, 0.6) is 0 Å². The third-order valence-corrected chi connectivity index (χ3v) is 8.40. The van der Waals surface area contributed by atoms with Crippen molar-refractivity contribution in [3.8, 4) is 0 Å². The van der Waals surface area contributed by atoms with Gasteiger partial charge in [0, 0.05) is 5.41 Å². The Morgan fingerprint density at radius 1 is 1.21 bits per heavy atom. The predicted octanol–water partition coefficient (Wildman–Crippen LogP) is 7.01. The molecule has 4 rings (SSSR count). The Hall–Kier alpha value is -1.04. The molecule has 3 unspecified atom stereocenters. The van der Waals surface area contributed by atoms with E-state index in [9.17, 15) is 0 Å². The number of allylic oxidation sites excluding steroid dienone is 6. The Morgan fingerprint density at radius 2 is 2.00 bits per heavy atom. The second-order valence-corrected chi connectivity index (χ2v) is 9.42. The van der Waals surface area contributed by atoms with Crippen molar-refractivity contribution in [1.82, 2.24) is 0 Å². The van der Waals surface area contributed by atoms with Crippen LogP contribution in [0.15, 0.2) is 47.6 Å². The van der Waals surface area contributed by atoms with E-state index in [4.69, 9.17) is 0 Å². The predicted molar refractivity (Wildman–Crippen MR) is 104 cm³/mol. The van der Waals surface area contributed by atoms with E-state index in [-0.39, 0.29) is 0 Å². The van der Waals surface area contributed by atoms with Gasteiger partial charge in [0.05, 0.1) is 0 Å². The van der Waals surface area contributed by atoms with Crippen LogP contribution in [-0.4, -0.2) is 0 Å². The molecule has 0 saturated heterocycles. The number of hydrogen-bond acceptors (Lipinski definition) is 0. The van der Waals surface area contributed by atoms with Crippen LogP contribution in [0, 0.1) is 28.6 Å². The van der Waals surface area contributed by atoms with Gasteiger partial charge in [-0.1, -0.05) is 68.4 Å². The Balaban J connectivity index is 1.72. The van der Waals surface area contributed by atoms with Crippen molar-refractivity contribution in [3.05, 3.63) is 47.6 Å². The van der Waals surface area contributed by atoms with Crippen LogP contribution in [0.1, 0.15) is 72.1 Å².